The Hall–Kier alpha value is -0.410. The number of hydrogen-bond donors (Lipinski definition) is 1. The number of rotatable bonds is 5. The molecule has 0 aliphatic rings. The number of aromatic nitrogens is 1. The molecule has 2 nitrogen and oxygen atoms in total. The number of hydrogen-bond acceptors (Lipinski definition) is 3. The van der Waals surface area contributed by atoms with E-state index >= 15 is 0 Å². The van der Waals surface area contributed by atoms with Crippen molar-refractivity contribution in [2.24, 2.45) is 5.41 Å². The van der Waals surface area contributed by atoms with Crippen LogP contribution in [0.5, 0.6) is 0 Å². The predicted octanol–water partition coefficient (Wildman–Crippen LogP) is 3.62. The number of nitrogens with zero attached hydrogens (tertiary/aromatic N) is 1. The lowest BCUT2D eigenvalue weighted by Gasteiger charge is -2.23. The maximum Gasteiger partial charge on any atom is 0.0934 e. The lowest BCUT2D eigenvalue weighted by atomic mass is 9.89. The van der Waals surface area contributed by atoms with Crippen LogP contribution in [0.3, 0.4) is 0 Å². The van der Waals surface area contributed by atoms with Gasteiger partial charge in [-0.25, -0.2) is 4.98 Å². The molecule has 0 saturated carbocycles. The highest BCUT2D eigenvalue weighted by Gasteiger charge is 2.22. The molecular weight excluding hydrogens is 228 g/mol. The summed E-state index contributed by atoms with van der Waals surface area (Å²) in [5.41, 5.74) is 1.67. The van der Waals surface area contributed by atoms with Crippen LogP contribution in [0.4, 0.5) is 0 Å². The Morgan fingerprint density at radius 3 is 2.35 bits per heavy atom. The molecule has 1 aromatic heterocycles. The third-order valence-electron chi connectivity index (χ3n) is 2.80. The molecule has 3 heteroatoms. The van der Waals surface area contributed by atoms with E-state index in [9.17, 15) is 0 Å². The van der Waals surface area contributed by atoms with Crippen molar-refractivity contribution in [3.8, 4) is 0 Å². The van der Waals surface area contributed by atoms with Gasteiger partial charge in [0, 0.05) is 23.8 Å². The third-order valence-corrected chi connectivity index (χ3v) is 3.65. The van der Waals surface area contributed by atoms with Crippen molar-refractivity contribution in [3.63, 3.8) is 0 Å². The summed E-state index contributed by atoms with van der Waals surface area (Å²) in [5, 5.41) is 6.89. The van der Waals surface area contributed by atoms with Crippen LogP contribution in [-0.4, -0.2) is 18.1 Å². The molecule has 1 rings (SSSR count). The molecule has 0 spiro atoms. The van der Waals surface area contributed by atoms with Gasteiger partial charge in [0.15, 0.2) is 0 Å². The van der Waals surface area contributed by atoms with Crippen LogP contribution in [0, 0.1) is 5.41 Å². The highest BCUT2D eigenvalue weighted by Crippen LogP contribution is 2.28. The zero-order chi connectivity index (χ0) is 13.1. The fourth-order valence-corrected chi connectivity index (χ4v) is 2.95. The van der Waals surface area contributed by atoms with Crippen molar-refractivity contribution in [1.82, 2.24) is 10.3 Å². The van der Waals surface area contributed by atoms with Crippen LogP contribution in [0.25, 0.3) is 0 Å². The summed E-state index contributed by atoms with van der Waals surface area (Å²) in [6.45, 7) is 15.5. The van der Waals surface area contributed by atoms with Gasteiger partial charge >= 0.3 is 0 Å². The highest BCUT2D eigenvalue weighted by atomic mass is 32.1. The van der Waals surface area contributed by atoms with Crippen LogP contribution < -0.4 is 5.32 Å². The summed E-state index contributed by atoms with van der Waals surface area (Å²) in [6.07, 6.45) is 1.06. The van der Waals surface area contributed by atoms with Gasteiger partial charge < -0.3 is 5.32 Å². The van der Waals surface area contributed by atoms with Crippen LogP contribution in [0.1, 0.15) is 52.2 Å². The quantitative estimate of drug-likeness (QED) is 0.868. The van der Waals surface area contributed by atoms with E-state index in [4.69, 9.17) is 4.98 Å². The Kier molecular flexibility index (Phi) is 4.73. The minimum atomic E-state index is 0.167. The van der Waals surface area contributed by atoms with Gasteiger partial charge in [-0.15, -0.1) is 11.3 Å². The Morgan fingerprint density at radius 2 is 1.88 bits per heavy atom. The highest BCUT2D eigenvalue weighted by molar-refractivity contribution is 7.09. The predicted molar refractivity (Wildman–Crippen MR) is 76.8 cm³/mol. The first-order valence-electron chi connectivity index (χ1n) is 6.40. The van der Waals surface area contributed by atoms with Crippen molar-refractivity contribution in [1.29, 1.82) is 0 Å². The van der Waals surface area contributed by atoms with Gasteiger partial charge in [-0.3, -0.25) is 0 Å². The van der Waals surface area contributed by atoms with Gasteiger partial charge in [-0.05, 0) is 12.0 Å². The van der Waals surface area contributed by atoms with Gasteiger partial charge in [0.1, 0.15) is 0 Å². The maximum absolute atomic E-state index is 4.77. The first kappa shape index (κ1) is 14.7. The van der Waals surface area contributed by atoms with Crippen LogP contribution in [0.2, 0.25) is 0 Å². The van der Waals surface area contributed by atoms with E-state index in [1.807, 2.05) is 0 Å². The largest absolute Gasteiger partial charge is 0.316 e. The summed E-state index contributed by atoms with van der Waals surface area (Å²) in [4.78, 5) is 4.77. The normalized spacial score (nSPS) is 13.1. The van der Waals surface area contributed by atoms with E-state index in [-0.39, 0.29) is 10.8 Å². The molecule has 0 bridgehead atoms. The molecule has 0 amide bonds. The lowest BCUT2D eigenvalue weighted by molar-refractivity contribution is 0.341. The molecule has 0 aromatic carbocycles. The van der Waals surface area contributed by atoms with Gasteiger partial charge in [-0.1, -0.05) is 41.5 Å². The van der Waals surface area contributed by atoms with Crippen molar-refractivity contribution in [3.05, 3.63) is 16.1 Å². The average molecular weight is 254 g/mol. The minimum Gasteiger partial charge on any atom is -0.316 e. The average Bonchev–Trinajstić information content (AvgIpc) is 2.62. The molecule has 0 unspecified atom stereocenters. The Balaban J connectivity index is 2.66. The van der Waals surface area contributed by atoms with E-state index in [1.54, 1.807) is 11.3 Å². The molecule has 17 heavy (non-hydrogen) atoms. The molecule has 0 aliphatic carbocycles. The van der Waals surface area contributed by atoms with E-state index in [0.29, 0.717) is 0 Å². The third kappa shape index (κ3) is 4.76. The zero-order valence-corrected chi connectivity index (χ0v) is 12.9. The molecular formula is C14H26N2S. The van der Waals surface area contributed by atoms with Gasteiger partial charge in [0.05, 0.1) is 10.7 Å². The summed E-state index contributed by atoms with van der Waals surface area (Å²) in [6, 6.07) is 0. The van der Waals surface area contributed by atoms with Gasteiger partial charge in [0.25, 0.3) is 0 Å². The second-order valence-electron chi connectivity index (χ2n) is 6.50. The molecule has 1 aromatic rings. The van der Waals surface area contributed by atoms with Crippen molar-refractivity contribution in [2.45, 2.75) is 53.4 Å². The Labute approximate surface area is 110 Å². The summed E-state index contributed by atoms with van der Waals surface area (Å²) < 4.78 is 0. The molecule has 0 radical (unpaired) electrons. The molecule has 1 N–H and O–H groups in total. The summed E-state index contributed by atoms with van der Waals surface area (Å²) >= 11 is 1.80. The van der Waals surface area contributed by atoms with Crippen LogP contribution in [0.15, 0.2) is 5.38 Å². The molecule has 0 saturated heterocycles. The van der Waals surface area contributed by atoms with E-state index in [1.165, 1.54) is 10.7 Å². The van der Waals surface area contributed by atoms with Gasteiger partial charge in [0.2, 0.25) is 0 Å². The Morgan fingerprint density at radius 1 is 1.24 bits per heavy atom. The van der Waals surface area contributed by atoms with E-state index in [2.05, 4.69) is 52.2 Å². The summed E-state index contributed by atoms with van der Waals surface area (Å²) in [7, 11) is 0. The van der Waals surface area contributed by atoms with Gasteiger partial charge in [-0.2, -0.15) is 0 Å². The molecule has 0 fully saturated rings. The van der Waals surface area contributed by atoms with Crippen molar-refractivity contribution in [2.75, 3.05) is 13.1 Å². The fraction of sp³-hybridized carbons (Fsp3) is 0.786. The summed E-state index contributed by atoms with van der Waals surface area (Å²) in [5.74, 6) is 0. The number of nitrogens with one attached hydrogen (secondary N) is 1. The standard InChI is InChI=1S/C14H26N2S/c1-7-15-10-14(5,6)8-12-16-11(9-17-12)13(2,3)4/h9,15H,7-8,10H2,1-6H3. The molecule has 0 aliphatic heterocycles. The lowest BCUT2D eigenvalue weighted by Crippen LogP contribution is -2.31. The second-order valence-corrected chi connectivity index (χ2v) is 7.44. The molecule has 0 atom stereocenters. The number of thiazole rings is 1. The molecule has 1 heterocycles. The van der Waals surface area contributed by atoms with Crippen LogP contribution >= 0.6 is 11.3 Å². The minimum absolute atomic E-state index is 0.167. The smallest absolute Gasteiger partial charge is 0.0934 e. The fourth-order valence-electron chi connectivity index (χ4n) is 1.67. The topological polar surface area (TPSA) is 24.9 Å². The SMILES string of the molecule is CCNCC(C)(C)Cc1nc(C(C)(C)C)cs1. The first-order valence-corrected chi connectivity index (χ1v) is 7.28. The first-order chi connectivity index (χ1) is 7.74. The second kappa shape index (κ2) is 5.49. The van der Waals surface area contributed by atoms with Crippen molar-refractivity contribution < 1.29 is 0 Å². The molecule has 98 valence electrons. The maximum atomic E-state index is 4.77. The van der Waals surface area contributed by atoms with E-state index < -0.39 is 0 Å². The van der Waals surface area contributed by atoms with E-state index in [0.717, 1.165) is 19.5 Å². The zero-order valence-electron chi connectivity index (χ0n) is 12.1. The monoisotopic (exact) mass is 254 g/mol. The van der Waals surface area contributed by atoms with Crippen molar-refractivity contribution >= 4 is 11.3 Å². The van der Waals surface area contributed by atoms with Crippen LogP contribution in [-0.2, 0) is 11.8 Å². The Bertz CT molecular complexity index is 347.